The third kappa shape index (κ3) is 3.40. The predicted octanol–water partition coefficient (Wildman–Crippen LogP) is 3.25. The van der Waals surface area contributed by atoms with Crippen molar-refractivity contribution < 1.29 is 18.7 Å². The van der Waals surface area contributed by atoms with Crippen LogP contribution in [0, 0.1) is 17.1 Å². The van der Waals surface area contributed by atoms with E-state index in [1.807, 2.05) is 13.0 Å². The minimum absolute atomic E-state index is 0.0386. The van der Waals surface area contributed by atoms with Crippen LogP contribution in [0.1, 0.15) is 38.2 Å². The summed E-state index contributed by atoms with van der Waals surface area (Å²) in [6.45, 7) is 3.83. The summed E-state index contributed by atoms with van der Waals surface area (Å²) in [5.74, 6) is -1.35. The molecule has 24 heavy (non-hydrogen) atoms. The molecule has 1 aromatic carbocycles. The molecule has 5 nitrogen and oxygen atoms in total. The first-order valence-electron chi connectivity index (χ1n) is 7.76. The highest BCUT2D eigenvalue weighted by atomic mass is 19.1. The molecule has 126 valence electrons. The number of benzene rings is 1. The minimum atomic E-state index is -0.732. The van der Waals surface area contributed by atoms with E-state index in [0.717, 1.165) is 6.42 Å². The van der Waals surface area contributed by atoms with Crippen LogP contribution in [0.5, 0.6) is 0 Å². The number of nitriles is 1. The average molecular weight is 330 g/mol. The van der Waals surface area contributed by atoms with E-state index in [2.05, 4.69) is 0 Å². The SMILES string of the molecule is CCCC1=C(C(=O)OCC)[C@@H](c2ccc(F)cc2)C(C#N)=C(N)O1. The third-order valence-electron chi connectivity index (χ3n) is 3.67. The van der Waals surface area contributed by atoms with E-state index >= 15 is 0 Å². The molecule has 0 radical (unpaired) electrons. The van der Waals surface area contributed by atoms with Crippen LogP contribution in [-0.4, -0.2) is 12.6 Å². The number of esters is 1. The second kappa shape index (κ2) is 7.64. The first kappa shape index (κ1) is 17.5. The first-order valence-corrected chi connectivity index (χ1v) is 7.76. The predicted molar refractivity (Wildman–Crippen MR) is 85.6 cm³/mol. The number of ether oxygens (including phenoxy) is 2. The molecule has 6 heteroatoms. The number of hydrogen-bond acceptors (Lipinski definition) is 5. The van der Waals surface area contributed by atoms with E-state index in [0.29, 0.717) is 17.7 Å². The maximum Gasteiger partial charge on any atom is 0.338 e. The molecule has 0 bridgehead atoms. The zero-order valence-corrected chi connectivity index (χ0v) is 13.6. The van der Waals surface area contributed by atoms with Gasteiger partial charge in [0.1, 0.15) is 23.2 Å². The Kier molecular flexibility index (Phi) is 5.59. The fourth-order valence-corrected chi connectivity index (χ4v) is 2.65. The van der Waals surface area contributed by atoms with Gasteiger partial charge in [0, 0.05) is 6.42 Å². The zero-order chi connectivity index (χ0) is 17.7. The van der Waals surface area contributed by atoms with Crippen molar-refractivity contribution in [2.24, 2.45) is 5.73 Å². The largest absolute Gasteiger partial charge is 0.463 e. The number of hydrogen-bond donors (Lipinski definition) is 1. The van der Waals surface area contributed by atoms with Crippen LogP contribution in [0.3, 0.4) is 0 Å². The van der Waals surface area contributed by atoms with Gasteiger partial charge in [0.25, 0.3) is 0 Å². The molecule has 1 aliphatic heterocycles. The van der Waals surface area contributed by atoms with E-state index in [9.17, 15) is 14.4 Å². The summed E-state index contributed by atoms with van der Waals surface area (Å²) in [6.07, 6.45) is 1.20. The summed E-state index contributed by atoms with van der Waals surface area (Å²) in [7, 11) is 0. The average Bonchev–Trinajstić information content (AvgIpc) is 2.55. The van der Waals surface area contributed by atoms with E-state index < -0.39 is 17.7 Å². The lowest BCUT2D eigenvalue weighted by atomic mass is 9.82. The summed E-state index contributed by atoms with van der Waals surface area (Å²) < 4.78 is 23.9. The highest BCUT2D eigenvalue weighted by Crippen LogP contribution is 2.40. The lowest BCUT2D eigenvalue weighted by molar-refractivity contribution is -0.139. The molecule has 1 heterocycles. The number of carbonyl (C=O) groups excluding carboxylic acids is 1. The van der Waals surface area contributed by atoms with Crippen LogP contribution in [0.2, 0.25) is 0 Å². The fourth-order valence-electron chi connectivity index (χ4n) is 2.65. The van der Waals surface area contributed by atoms with E-state index in [-0.39, 0.29) is 23.6 Å². The Hall–Kier alpha value is -2.81. The lowest BCUT2D eigenvalue weighted by Crippen LogP contribution is -2.26. The highest BCUT2D eigenvalue weighted by Gasteiger charge is 2.37. The molecule has 0 fully saturated rings. The smallest absolute Gasteiger partial charge is 0.338 e. The van der Waals surface area contributed by atoms with Crippen LogP contribution in [0.4, 0.5) is 4.39 Å². The standard InChI is InChI=1S/C18H19FN2O3/c1-3-5-14-16(18(22)23-4-2)15(13(10-20)17(21)24-14)11-6-8-12(19)9-7-11/h6-9,15H,3-5,21H2,1-2H3/t15-/m0/s1. The van der Waals surface area contributed by atoms with Crippen molar-refractivity contribution in [2.75, 3.05) is 6.61 Å². The van der Waals surface area contributed by atoms with E-state index in [1.54, 1.807) is 6.92 Å². The monoisotopic (exact) mass is 330 g/mol. The Balaban J connectivity index is 2.63. The van der Waals surface area contributed by atoms with Crippen molar-refractivity contribution in [3.05, 3.63) is 58.4 Å². The Morgan fingerprint density at radius 2 is 2.04 bits per heavy atom. The number of halogens is 1. The van der Waals surface area contributed by atoms with Crippen LogP contribution in [-0.2, 0) is 14.3 Å². The molecule has 2 rings (SSSR count). The van der Waals surface area contributed by atoms with Gasteiger partial charge in [0.05, 0.1) is 18.1 Å². The van der Waals surface area contributed by atoms with Gasteiger partial charge in [-0.05, 0) is 31.0 Å². The van der Waals surface area contributed by atoms with Crippen molar-refractivity contribution in [1.82, 2.24) is 0 Å². The summed E-state index contributed by atoms with van der Waals surface area (Å²) in [5, 5.41) is 9.48. The Morgan fingerprint density at radius 1 is 1.38 bits per heavy atom. The van der Waals surface area contributed by atoms with Crippen LogP contribution in [0.15, 0.2) is 47.1 Å². The van der Waals surface area contributed by atoms with E-state index in [1.165, 1.54) is 24.3 Å². The van der Waals surface area contributed by atoms with Crippen molar-refractivity contribution >= 4 is 5.97 Å². The van der Waals surface area contributed by atoms with Crippen molar-refractivity contribution in [1.29, 1.82) is 5.26 Å². The molecule has 0 aliphatic carbocycles. The number of nitrogens with two attached hydrogens (primary N) is 1. The van der Waals surface area contributed by atoms with Gasteiger partial charge in [-0.1, -0.05) is 19.1 Å². The van der Waals surface area contributed by atoms with Crippen molar-refractivity contribution in [3.63, 3.8) is 0 Å². The highest BCUT2D eigenvalue weighted by molar-refractivity contribution is 5.92. The maximum absolute atomic E-state index is 13.3. The summed E-state index contributed by atoms with van der Waals surface area (Å²) in [5.41, 5.74) is 6.82. The van der Waals surface area contributed by atoms with Gasteiger partial charge in [0.15, 0.2) is 0 Å². The quantitative estimate of drug-likeness (QED) is 0.838. The second-order valence-electron chi connectivity index (χ2n) is 5.28. The fraction of sp³-hybridized carbons (Fsp3) is 0.333. The molecule has 0 amide bonds. The van der Waals surface area contributed by atoms with Crippen LogP contribution >= 0.6 is 0 Å². The van der Waals surface area contributed by atoms with Gasteiger partial charge in [0.2, 0.25) is 5.88 Å². The molecule has 1 aromatic rings. The van der Waals surface area contributed by atoms with Gasteiger partial charge in [-0.15, -0.1) is 0 Å². The second-order valence-corrected chi connectivity index (χ2v) is 5.28. The van der Waals surface area contributed by atoms with Gasteiger partial charge < -0.3 is 15.2 Å². The molecule has 1 atom stereocenters. The molecule has 0 aromatic heterocycles. The normalized spacial score (nSPS) is 17.3. The molecular weight excluding hydrogens is 311 g/mol. The molecular formula is C18H19FN2O3. The third-order valence-corrected chi connectivity index (χ3v) is 3.67. The summed E-state index contributed by atoms with van der Waals surface area (Å²) in [4.78, 5) is 12.5. The minimum Gasteiger partial charge on any atom is -0.463 e. The van der Waals surface area contributed by atoms with Gasteiger partial charge in [-0.25, -0.2) is 9.18 Å². The van der Waals surface area contributed by atoms with Crippen molar-refractivity contribution in [2.45, 2.75) is 32.6 Å². The Bertz CT molecular complexity index is 730. The topological polar surface area (TPSA) is 85.3 Å². The van der Waals surface area contributed by atoms with Crippen LogP contribution < -0.4 is 5.73 Å². The molecule has 0 saturated heterocycles. The first-order chi connectivity index (χ1) is 11.5. The van der Waals surface area contributed by atoms with Gasteiger partial charge >= 0.3 is 5.97 Å². The lowest BCUT2D eigenvalue weighted by Gasteiger charge is -2.28. The van der Waals surface area contributed by atoms with Gasteiger partial charge in [-0.3, -0.25) is 0 Å². The molecule has 1 aliphatic rings. The van der Waals surface area contributed by atoms with E-state index in [4.69, 9.17) is 15.2 Å². The van der Waals surface area contributed by atoms with Crippen LogP contribution in [0.25, 0.3) is 0 Å². The number of nitrogens with zero attached hydrogens (tertiary/aromatic N) is 1. The van der Waals surface area contributed by atoms with Gasteiger partial charge in [-0.2, -0.15) is 5.26 Å². The Morgan fingerprint density at radius 3 is 2.58 bits per heavy atom. The molecule has 2 N–H and O–H groups in total. The maximum atomic E-state index is 13.3. The Labute approximate surface area is 140 Å². The summed E-state index contributed by atoms with van der Waals surface area (Å²) >= 11 is 0. The molecule has 0 saturated carbocycles. The zero-order valence-electron chi connectivity index (χ0n) is 13.6. The number of rotatable bonds is 5. The number of allylic oxidation sites excluding steroid dienone is 2. The number of carbonyl (C=O) groups is 1. The molecule has 0 spiro atoms. The summed E-state index contributed by atoms with van der Waals surface area (Å²) in [6, 6.07) is 7.61. The molecule has 0 unspecified atom stereocenters. The van der Waals surface area contributed by atoms with Crippen molar-refractivity contribution in [3.8, 4) is 6.07 Å².